The lowest BCUT2D eigenvalue weighted by Gasteiger charge is -2.05. The molecule has 1 aromatic heterocycles. The first-order valence-corrected chi connectivity index (χ1v) is 12.4. The minimum absolute atomic E-state index is 0.835. The first-order valence-electron chi connectivity index (χ1n) is 11.4. The molecule has 0 unspecified atom stereocenters. The summed E-state index contributed by atoms with van der Waals surface area (Å²) in [5.74, 6) is 2.04. The van der Waals surface area contributed by atoms with Crippen molar-refractivity contribution in [1.82, 2.24) is 9.97 Å². The van der Waals surface area contributed by atoms with Crippen LogP contribution in [-0.4, -0.2) is 15.7 Å². The molecule has 0 atom stereocenters. The van der Waals surface area contributed by atoms with Crippen LogP contribution < -0.4 is 0 Å². The molecule has 0 aliphatic rings. The van der Waals surface area contributed by atoms with E-state index in [1.807, 2.05) is 24.2 Å². The maximum Gasteiger partial charge on any atom is 0.159 e. The lowest BCUT2D eigenvalue weighted by molar-refractivity contribution is 0.575. The molecule has 1 aromatic carbocycles. The molecule has 154 valence electrons. The van der Waals surface area contributed by atoms with Crippen LogP contribution in [0.15, 0.2) is 41.6 Å². The second kappa shape index (κ2) is 14.6. The number of hydrogen-bond acceptors (Lipinski definition) is 3. The van der Waals surface area contributed by atoms with Gasteiger partial charge in [-0.2, -0.15) is 0 Å². The fourth-order valence-electron chi connectivity index (χ4n) is 3.34. The Hall–Kier alpha value is -1.35. The number of unbranched alkanes of at least 4 members (excludes halogenated alkanes) is 9. The molecule has 2 rings (SSSR count). The average Bonchev–Trinajstić information content (AvgIpc) is 2.74. The van der Waals surface area contributed by atoms with Crippen LogP contribution >= 0.6 is 11.8 Å². The van der Waals surface area contributed by atoms with Gasteiger partial charge in [-0.05, 0) is 42.7 Å². The molecule has 0 amide bonds. The van der Waals surface area contributed by atoms with Gasteiger partial charge in [-0.1, -0.05) is 83.8 Å². The third-order valence-corrected chi connectivity index (χ3v) is 6.25. The van der Waals surface area contributed by atoms with Crippen molar-refractivity contribution in [2.24, 2.45) is 0 Å². The van der Waals surface area contributed by atoms with Crippen LogP contribution in [0.2, 0.25) is 0 Å². The summed E-state index contributed by atoms with van der Waals surface area (Å²) in [5, 5.41) is 0. The van der Waals surface area contributed by atoms with E-state index in [9.17, 15) is 0 Å². The zero-order chi connectivity index (χ0) is 19.9. The summed E-state index contributed by atoms with van der Waals surface area (Å²) in [6, 6.07) is 8.69. The van der Waals surface area contributed by atoms with Crippen molar-refractivity contribution in [2.75, 3.05) is 5.75 Å². The van der Waals surface area contributed by atoms with Gasteiger partial charge < -0.3 is 0 Å². The molecular formula is C25H38N2S. The summed E-state index contributed by atoms with van der Waals surface area (Å²) in [4.78, 5) is 10.5. The number of aryl methyl sites for hydroxylation is 1. The first kappa shape index (κ1) is 22.9. The third-order valence-electron chi connectivity index (χ3n) is 5.15. The van der Waals surface area contributed by atoms with Gasteiger partial charge in [-0.3, -0.25) is 0 Å². The summed E-state index contributed by atoms with van der Waals surface area (Å²) in [6.07, 6.45) is 19.9. The molecule has 0 spiro atoms. The van der Waals surface area contributed by atoms with Crippen LogP contribution in [0.25, 0.3) is 11.4 Å². The van der Waals surface area contributed by atoms with Crippen LogP contribution in [0.5, 0.6) is 0 Å². The SMILES string of the molecule is CCCCCCCCCCc1cnc(-c2ccc(SCCCCC)cc2)nc1. The molecule has 0 bridgehead atoms. The van der Waals surface area contributed by atoms with Crippen LogP contribution in [0.3, 0.4) is 0 Å². The van der Waals surface area contributed by atoms with E-state index in [1.54, 1.807) is 0 Å². The lowest BCUT2D eigenvalue weighted by Crippen LogP contribution is -1.93. The van der Waals surface area contributed by atoms with Crippen molar-refractivity contribution in [3.05, 3.63) is 42.2 Å². The van der Waals surface area contributed by atoms with Crippen LogP contribution in [0.1, 0.15) is 90.0 Å². The Balaban J connectivity index is 1.68. The highest BCUT2D eigenvalue weighted by atomic mass is 32.2. The summed E-state index contributed by atoms with van der Waals surface area (Å²) < 4.78 is 0. The normalized spacial score (nSPS) is 11.1. The van der Waals surface area contributed by atoms with E-state index in [4.69, 9.17) is 0 Å². The highest BCUT2D eigenvalue weighted by molar-refractivity contribution is 7.99. The molecule has 0 fully saturated rings. The molecule has 0 radical (unpaired) electrons. The number of nitrogens with zero attached hydrogens (tertiary/aromatic N) is 2. The standard InChI is InChI=1S/C25H38N2S/c1-3-5-7-8-9-10-11-12-14-22-20-26-25(27-21-22)23-15-17-24(18-16-23)28-19-13-6-4-2/h15-18,20-21H,3-14,19H2,1-2H3. The third kappa shape index (κ3) is 9.23. The molecule has 0 saturated carbocycles. The van der Waals surface area contributed by atoms with Crippen molar-refractivity contribution in [1.29, 1.82) is 0 Å². The summed E-state index contributed by atoms with van der Waals surface area (Å²) in [6.45, 7) is 4.53. The second-order valence-corrected chi connectivity index (χ2v) is 8.89. The van der Waals surface area contributed by atoms with Crippen molar-refractivity contribution in [3.63, 3.8) is 0 Å². The fourth-order valence-corrected chi connectivity index (χ4v) is 4.25. The molecule has 0 aliphatic heterocycles. The predicted octanol–water partition coefficient (Wildman–Crippen LogP) is 8.11. The zero-order valence-corrected chi connectivity index (χ0v) is 18.8. The number of rotatable bonds is 15. The molecular weight excluding hydrogens is 360 g/mol. The van der Waals surface area contributed by atoms with E-state index < -0.39 is 0 Å². The lowest BCUT2D eigenvalue weighted by atomic mass is 10.1. The Morgan fingerprint density at radius 3 is 1.89 bits per heavy atom. The molecule has 1 heterocycles. The Kier molecular flexibility index (Phi) is 12.0. The number of hydrogen-bond donors (Lipinski definition) is 0. The van der Waals surface area contributed by atoms with Gasteiger partial charge in [0.05, 0.1) is 0 Å². The van der Waals surface area contributed by atoms with Gasteiger partial charge in [-0.25, -0.2) is 9.97 Å². The van der Waals surface area contributed by atoms with Gasteiger partial charge in [0.25, 0.3) is 0 Å². The summed E-state index contributed by atoms with van der Waals surface area (Å²) >= 11 is 1.94. The maximum atomic E-state index is 4.60. The smallest absolute Gasteiger partial charge is 0.159 e. The second-order valence-electron chi connectivity index (χ2n) is 7.72. The van der Waals surface area contributed by atoms with E-state index in [1.165, 1.54) is 86.8 Å². The molecule has 2 aromatic rings. The predicted molar refractivity (Wildman–Crippen MR) is 124 cm³/mol. The monoisotopic (exact) mass is 398 g/mol. The molecule has 0 N–H and O–H groups in total. The van der Waals surface area contributed by atoms with Gasteiger partial charge in [0, 0.05) is 22.9 Å². The minimum Gasteiger partial charge on any atom is -0.236 e. The molecule has 28 heavy (non-hydrogen) atoms. The van der Waals surface area contributed by atoms with E-state index >= 15 is 0 Å². The molecule has 0 aliphatic carbocycles. The first-order chi connectivity index (χ1) is 13.8. The topological polar surface area (TPSA) is 25.8 Å². The highest BCUT2D eigenvalue weighted by Gasteiger charge is 2.03. The van der Waals surface area contributed by atoms with Crippen LogP contribution in [0, 0.1) is 0 Å². The average molecular weight is 399 g/mol. The quantitative estimate of drug-likeness (QED) is 0.224. The Morgan fingerprint density at radius 1 is 0.679 bits per heavy atom. The minimum atomic E-state index is 0.835. The van der Waals surface area contributed by atoms with Gasteiger partial charge in [0.2, 0.25) is 0 Å². The Labute approximate surface area is 177 Å². The number of aromatic nitrogens is 2. The zero-order valence-electron chi connectivity index (χ0n) is 18.0. The fraction of sp³-hybridized carbons (Fsp3) is 0.600. The Bertz CT molecular complexity index is 622. The molecule has 0 saturated heterocycles. The van der Waals surface area contributed by atoms with Gasteiger partial charge in [-0.15, -0.1) is 11.8 Å². The van der Waals surface area contributed by atoms with Gasteiger partial charge in [0.1, 0.15) is 0 Å². The van der Waals surface area contributed by atoms with Crippen molar-refractivity contribution in [2.45, 2.75) is 95.8 Å². The summed E-state index contributed by atoms with van der Waals surface area (Å²) in [7, 11) is 0. The van der Waals surface area contributed by atoms with E-state index in [-0.39, 0.29) is 0 Å². The van der Waals surface area contributed by atoms with Gasteiger partial charge in [0.15, 0.2) is 5.82 Å². The molecule has 3 heteroatoms. The summed E-state index contributed by atoms with van der Waals surface area (Å²) in [5.41, 5.74) is 2.37. The van der Waals surface area contributed by atoms with E-state index in [0.717, 1.165) is 17.8 Å². The highest BCUT2D eigenvalue weighted by Crippen LogP contribution is 2.23. The molecule has 2 nitrogen and oxygen atoms in total. The van der Waals surface area contributed by atoms with Gasteiger partial charge >= 0.3 is 0 Å². The number of thioether (sulfide) groups is 1. The van der Waals surface area contributed by atoms with Crippen LogP contribution in [-0.2, 0) is 6.42 Å². The van der Waals surface area contributed by atoms with E-state index in [0.29, 0.717) is 0 Å². The van der Waals surface area contributed by atoms with E-state index in [2.05, 4.69) is 48.1 Å². The van der Waals surface area contributed by atoms with Crippen molar-refractivity contribution >= 4 is 11.8 Å². The Morgan fingerprint density at radius 2 is 1.25 bits per heavy atom. The number of benzene rings is 1. The maximum absolute atomic E-state index is 4.60. The van der Waals surface area contributed by atoms with Crippen molar-refractivity contribution in [3.8, 4) is 11.4 Å². The van der Waals surface area contributed by atoms with Crippen LogP contribution in [0.4, 0.5) is 0 Å². The van der Waals surface area contributed by atoms with Crippen molar-refractivity contribution < 1.29 is 0 Å². The largest absolute Gasteiger partial charge is 0.236 e.